The van der Waals surface area contributed by atoms with Crippen molar-refractivity contribution in [2.75, 3.05) is 26.4 Å². The number of hydrogen-bond donors (Lipinski definition) is 4. The van der Waals surface area contributed by atoms with E-state index in [0.717, 1.165) is 4.57 Å². The molecule has 1 aliphatic rings. The zero-order chi connectivity index (χ0) is 17.4. The maximum absolute atomic E-state index is 11.9. The van der Waals surface area contributed by atoms with Crippen LogP contribution in [0.25, 0.3) is 0 Å². The van der Waals surface area contributed by atoms with Gasteiger partial charge in [-0.3, -0.25) is 9.36 Å². The van der Waals surface area contributed by atoms with Gasteiger partial charge >= 0.3 is 5.69 Å². The van der Waals surface area contributed by atoms with Crippen LogP contribution in [0.5, 0.6) is 0 Å². The Bertz CT molecular complexity index is 648. The van der Waals surface area contributed by atoms with Crippen molar-refractivity contribution < 1.29 is 24.9 Å². The minimum absolute atomic E-state index is 0.00417. The number of nitrogens with zero attached hydrogens (tertiary/aromatic N) is 3. The lowest BCUT2D eigenvalue weighted by atomic mass is 9.88. The Morgan fingerprint density at radius 1 is 1.57 bits per heavy atom. The maximum Gasteiger partial charge on any atom is 0.351 e. The molecule has 0 spiro atoms. The highest BCUT2D eigenvalue weighted by molar-refractivity contribution is 5.77. The smallest absolute Gasteiger partial charge is 0.351 e. The summed E-state index contributed by atoms with van der Waals surface area (Å²) in [7, 11) is 2.99. The van der Waals surface area contributed by atoms with Crippen LogP contribution >= 0.6 is 0 Å². The lowest BCUT2D eigenvalue weighted by Gasteiger charge is -2.30. The lowest BCUT2D eigenvalue weighted by molar-refractivity contribution is -0.144. The summed E-state index contributed by atoms with van der Waals surface area (Å²) in [4.78, 5) is 28.5. The molecular weight excluding hydrogens is 308 g/mol. The minimum Gasteiger partial charge on any atom is -0.394 e. The summed E-state index contributed by atoms with van der Waals surface area (Å²) in [6.07, 6.45) is -3.37. The third-order valence-electron chi connectivity index (χ3n) is 3.87. The van der Waals surface area contributed by atoms with Crippen molar-refractivity contribution in [1.29, 1.82) is 0 Å². The number of anilines is 1. The van der Waals surface area contributed by atoms with Gasteiger partial charge in [0.2, 0.25) is 5.91 Å². The molecule has 1 saturated heterocycles. The molecule has 10 heteroatoms. The van der Waals surface area contributed by atoms with E-state index in [-0.39, 0.29) is 5.82 Å². The number of hydrogen-bond acceptors (Lipinski definition) is 8. The molecular formula is C13H20N4O6. The van der Waals surface area contributed by atoms with E-state index in [1.54, 1.807) is 0 Å². The Morgan fingerprint density at radius 3 is 2.74 bits per heavy atom. The van der Waals surface area contributed by atoms with Gasteiger partial charge in [-0.2, -0.15) is 4.98 Å². The van der Waals surface area contributed by atoms with Crippen LogP contribution in [-0.2, 0) is 9.53 Å². The van der Waals surface area contributed by atoms with Crippen molar-refractivity contribution in [2.45, 2.75) is 30.5 Å². The van der Waals surface area contributed by atoms with Gasteiger partial charge in [-0.05, 0) is 6.07 Å². The topological polar surface area (TPSA) is 151 Å². The van der Waals surface area contributed by atoms with E-state index in [0.29, 0.717) is 0 Å². The number of carbonyl (C=O) groups excluding carboxylic acids is 1. The standard InChI is InChI=1S/C13H20N4O6/c1-16(2)9(19)5-13(22)7(6-18)23-11(10(13)20)17-4-3-8(14)15-12(17)21/h3-4,7,10-11,18,20,22H,5-6H2,1-2H3,(H2,14,15,21)/t7-,10+,11-,13-/m1/s1. The second-order valence-corrected chi connectivity index (χ2v) is 5.64. The Morgan fingerprint density at radius 2 is 2.22 bits per heavy atom. The quantitative estimate of drug-likeness (QED) is 0.465. The predicted molar refractivity (Wildman–Crippen MR) is 78.2 cm³/mol. The predicted octanol–water partition coefficient (Wildman–Crippen LogP) is -2.71. The second-order valence-electron chi connectivity index (χ2n) is 5.64. The fourth-order valence-corrected chi connectivity index (χ4v) is 2.46. The third kappa shape index (κ3) is 3.06. The van der Waals surface area contributed by atoms with Gasteiger partial charge in [0.05, 0.1) is 13.0 Å². The molecule has 1 fully saturated rings. The van der Waals surface area contributed by atoms with Crippen LogP contribution in [0.2, 0.25) is 0 Å². The average Bonchev–Trinajstić information content (AvgIpc) is 2.71. The van der Waals surface area contributed by atoms with Gasteiger partial charge in [0, 0.05) is 20.3 Å². The molecule has 1 amide bonds. The number of rotatable bonds is 4. The van der Waals surface area contributed by atoms with Crippen LogP contribution in [0, 0.1) is 0 Å². The molecule has 0 aliphatic carbocycles. The van der Waals surface area contributed by atoms with Crippen LogP contribution in [0.15, 0.2) is 17.1 Å². The van der Waals surface area contributed by atoms with Crippen molar-refractivity contribution in [3.05, 3.63) is 22.7 Å². The average molecular weight is 328 g/mol. The summed E-state index contributed by atoms with van der Waals surface area (Å²) >= 11 is 0. The summed E-state index contributed by atoms with van der Waals surface area (Å²) in [5.74, 6) is -0.465. The number of carbonyl (C=O) groups is 1. The molecule has 0 saturated carbocycles. The Hall–Kier alpha value is -2.01. The zero-order valence-corrected chi connectivity index (χ0v) is 12.8. The molecule has 128 valence electrons. The molecule has 2 rings (SSSR count). The number of ether oxygens (including phenoxy) is 1. The van der Waals surface area contributed by atoms with Crippen LogP contribution in [0.1, 0.15) is 12.6 Å². The largest absolute Gasteiger partial charge is 0.394 e. The van der Waals surface area contributed by atoms with Gasteiger partial charge in [0.15, 0.2) is 6.23 Å². The van der Waals surface area contributed by atoms with E-state index in [2.05, 4.69) is 4.98 Å². The number of aliphatic hydroxyl groups excluding tert-OH is 2. The first kappa shape index (κ1) is 17.3. The SMILES string of the molecule is CN(C)C(=O)C[C@@]1(O)[C@@H](CO)O[C@@H](n2ccc(N)nc2=O)[C@@H]1O. The molecule has 5 N–H and O–H groups in total. The molecule has 0 bridgehead atoms. The van der Waals surface area contributed by atoms with Crippen molar-refractivity contribution in [2.24, 2.45) is 0 Å². The van der Waals surface area contributed by atoms with Crippen LogP contribution < -0.4 is 11.4 Å². The molecule has 2 heterocycles. The monoisotopic (exact) mass is 328 g/mol. The van der Waals surface area contributed by atoms with Gasteiger partial charge in [0.1, 0.15) is 23.6 Å². The van der Waals surface area contributed by atoms with Crippen LogP contribution in [0.4, 0.5) is 5.82 Å². The highest BCUT2D eigenvalue weighted by atomic mass is 16.6. The summed E-state index contributed by atoms with van der Waals surface area (Å²) in [6, 6.07) is 1.33. The van der Waals surface area contributed by atoms with Gasteiger partial charge in [-0.1, -0.05) is 0 Å². The lowest BCUT2D eigenvalue weighted by Crippen LogP contribution is -2.52. The third-order valence-corrected chi connectivity index (χ3v) is 3.87. The van der Waals surface area contributed by atoms with Crippen LogP contribution in [0.3, 0.4) is 0 Å². The van der Waals surface area contributed by atoms with E-state index in [9.17, 15) is 24.9 Å². The summed E-state index contributed by atoms with van der Waals surface area (Å²) in [5, 5.41) is 30.5. The highest BCUT2D eigenvalue weighted by Crippen LogP contribution is 2.39. The van der Waals surface area contributed by atoms with Gasteiger partial charge in [-0.15, -0.1) is 0 Å². The fourth-order valence-electron chi connectivity index (χ4n) is 2.46. The molecule has 1 aliphatic heterocycles. The van der Waals surface area contributed by atoms with Crippen molar-refractivity contribution in [3.8, 4) is 0 Å². The first-order valence-corrected chi connectivity index (χ1v) is 6.92. The van der Waals surface area contributed by atoms with Gasteiger partial charge in [-0.25, -0.2) is 4.79 Å². The first-order valence-electron chi connectivity index (χ1n) is 6.92. The summed E-state index contributed by atoms with van der Waals surface area (Å²) in [5.41, 5.74) is 2.58. The Balaban J connectivity index is 2.36. The number of nitrogens with two attached hydrogens (primary N) is 1. The summed E-state index contributed by atoms with van der Waals surface area (Å²) < 4.78 is 6.33. The zero-order valence-electron chi connectivity index (χ0n) is 12.8. The number of nitrogen functional groups attached to an aromatic ring is 1. The minimum atomic E-state index is -2.04. The molecule has 10 nitrogen and oxygen atoms in total. The molecule has 1 aromatic heterocycles. The van der Waals surface area contributed by atoms with Crippen molar-refractivity contribution in [3.63, 3.8) is 0 Å². The van der Waals surface area contributed by atoms with E-state index >= 15 is 0 Å². The normalized spacial score (nSPS) is 30.4. The highest BCUT2D eigenvalue weighted by Gasteiger charge is 2.57. The number of amides is 1. The fraction of sp³-hybridized carbons (Fsp3) is 0.615. The maximum atomic E-state index is 11.9. The van der Waals surface area contributed by atoms with Crippen molar-refractivity contribution >= 4 is 11.7 Å². The second kappa shape index (κ2) is 6.24. The van der Waals surface area contributed by atoms with Crippen molar-refractivity contribution in [1.82, 2.24) is 14.5 Å². The Labute approximate surface area is 131 Å². The molecule has 0 aromatic carbocycles. The van der Waals surface area contributed by atoms with Gasteiger partial charge in [0.25, 0.3) is 0 Å². The van der Waals surface area contributed by atoms with E-state index in [1.807, 2.05) is 0 Å². The molecule has 1 aromatic rings. The molecule has 23 heavy (non-hydrogen) atoms. The molecule has 0 radical (unpaired) electrons. The first-order chi connectivity index (χ1) is 10.7. The van der Waals surface area contributed by atoms with Gasteiger partial charge < -0.3 is 30.7 Å². The van der Waals surface area contributed by atoms with Crippen LogP contribution in [-0.4, -0.2) is 74.2 Å². The summed E-state index contributed by atoms with van der Waals surface area (Å²) in [6.45, 7) is -0.637. The molecule has 4 atom stereocenters. The Kier molecular flexibility index (Phi) is 4.71. The van der Waals surface area contributed by atoms with E-state index < -0.39 is 48.7 Å². The van der Waals surface area contributed by atoms with E-state index in [4.69, 9.17) is 10.5 Å². The number of aliphatic hydroxyl groups is 3. The van der Waals surface area contributed by atoms with E-state index in [1.165, 1.54) is 31.3 Å². The molecule has 0 unspecified atom stereocenters. The number of aromatic nitrogens is 2.